The van der Waals surface area contributed by atoms with Crippen molar-refractivity contribution in [3.63, 3.8) is 0 Å². The van der Waals surface area contributed by atoms with Crippen LogP contribution in [-0.2, 0) is 16.0 Å². The lowest BCUT2D eigenvalue weighted by atomic mass is 10.1. The highest BCUT2D eigenvalue weighted by Gasteiger charge is 2.18. The van der Waals surface area contributed by atoms with Crippen molar-refractivity contribution in [2.45, 2.75) is 20.0 Å². The number of benzene rings is 1. The number of carbonyl (C=O) groups excluding carboxylic acids is 2. The van der Waals surface area contributed by atoms with E-state index < -0.39 is 12.6 Å². The van der Waals surface area contributed by atoms with Crippen molar-refractivity contribution in [2.24, 2.45) is 0 Å². The molecule has 0 saturated heterocycles. The molecule has 4 nitrogen and oxygen atoms in total. The fourth-order valence-corrected chi connectivity index (χ4v) is 1.62. The monoisotopic (exact) mass is 306 g/mol. The molecule has 0 fully saturated rings. The maximum atomic E-state index is 12.3. The molecule has 0 N–H and O–H groups in total. The molecule has 0 aliphatic rings. The molecule has 1 aromatic rings. The Kier molecular flexibility index (Phi) is 6.38. The van der Waals surface area contributed by atoms with E-state index in [1.54, 1.807) is 6.92 Å². The minimum absolute atomic E-state index is 0.0216. The Morgan fingerprint density at radius 3 is 2.60 bits per heavy atom. The van der Waals surface area contributed by atoms with Crippen LogP contribution in [0, 0.1) is 0 Å². The van der Waals surface area contributed by atoms with E-state index in [0.29, 0.717) is 5.56 Å². The summed E-state index contributed by atoms with van der Waals surface area (Å²) in [4.78, 5) is 22.8. The lowest BCUT2D eigenvalue weighted by Crippen LogP contribution is -2.12. The summed E-state index contributed by atoms with van der Waals surface area (Å²) in [7, 11) is 0. The number of alkyl halides is 3. The van der Waals surface area contributed by atoms with Gasteiger partial charge in [-0.15, -0.1) is 11.6 Å². The molecule has 1 aromatic carbocycles. The summed E-state index contributed by atoms with van der Waals surface area (Å²) >= 11 is 5.37. The number of Topliss-reactive ketones (excluding diaryl/α,β-unsaturated/α-hetero) is 1. The van der Waals surface area contributed by atoms with Crippen molar-refractivity contribution in [3.05, 3.63) is 29.3 Å². The second kappa shape index (κ2) is 7.79. The maximum absolute atomic E-state index is 12.3. The van der Waals surface area contributed by atoms with Crippen molar-refractivity contribution >= 4 is 23.4 Å². The molecule has 0 saturated carbocycles. The summed E-state index contributed by atoms with van der Waals surface area (Å²) in [6.45, 7) is -1.37. The highest BCUT2D eigenvalue weighted by molar-refractivity contribution is 6.27. The Balaban J connectivity index is 3.05. The zero-order valence-corrected chi connectivity index (χ0v) is 11.5. The van der Waals surface area contributed by atoms with Crippen LogP contribution < -0.4 is 4.74 Å². The quantitative estimate of drug-likeness (QED) is 0.574. The number of rotatable bonds is 7. The Bertz CT molecular complexity index is 491. The first-order chi connectivity index (χ1) is 9.47. The van der Waals surface area contributed by atoms with Gasteiger partial charge in [-0.05, 0) is 24.6 Å². The van der Waals surface area contributed by atoms with Gasteiger partial charge in [-0.1, -0.05) is 6.07 Å². The molecule has 0 amide bonds. The fourth-order valence-electron chi connectivity index (χ4n) is 1.52. The number of esters is 1. The van der Waals surface area contributed by atoms with Crippen LogP contribution >= 0.6 is 11.6 Å². The van der Waals surface area contributed by atoms with Gasteiger partial charge in [0.1, 0.15) is 11.3 Å². The second-order valence-corrected chi connectivity index (χ2v) is 4.05. The van der Waals surface area contributed by atoms with Gasteiger partial charge in [-0.25, -0.2) is 4.79 Å². The van der Waals surface area contributed by atoms with E-state index in [4.69, 9.17) is 16.3 Å². The van der Waals surface area contributed by atoms with Crippen LogP contribution in [-0.4, -0.2) is 30.9 Å². The van der Waals surface area contributed by atoms with Gasteiger partial charge >= 0.3 is 12.6 Å². The topological polar surface area (TPSA) is 52.6 Å². The van der Waals surface area contributed by atoms with E-state index in [2.05, 4.69) is 4.74 Å². The summed E-state index contributed by atoms with van der Waals surface area (Å²) < 4.78 is 33.7. The second-order valence-electron chi connectivity index (χ2n) is 3.78. The third-order valence-electron chi connectivity index (χ3n) is 2.31. The normalized spacial score (nSPS) is 10.4. The molecule has 0 radical (unpaired) electrons. The lowest BCUT2D eigenvalue weighted by Gasteiger charge is -2.11. The molecule has 0 aromatic heterocycles. The minimum Gasteiger partial charge on any atom is -0.462 e. The first-order valence-electron chi connectivity index (χ1n) is 5.80. The zero-order chi connectivity index (χ0) is 15.1. The van der Waals surface area contributed by atoms with Gasteiger partial charge < -0.3 is 9.47 Å². The lowest BCUT2D eigenvalue weighted by molar-refractivity contribution is -0.116. The van der Waals surface area contributed by atoms with E-state index in [0.717, 1.165) is 0 Å². The summed E-state index contributed by atoms with van der Waals surface area (Å²) in [6.07, 6.45) is -0.0216. The largest absolute Gasteiger partial charge is 0.462 e. The summed E-state index contributed by atoms with van der Waals surface area (Å²) in [5.41, 5.74) is 0.313. The molecule has 0 unspecified atom stereocenters. The minimum atomic E-state index is -3.08. The Labute approximate surface area is 119 Å². The smallest absolute Gasteiger partial charge is 0.387 e. The molecule has 0 aliphatic heterocycles. The Morgan fingerprint density at radius 1 is 1.35 bits per heavy atom. The first-order valence-corrected chi connectivity index (χ1v) is 6.33. The number of ketones is 1. The molecule has 0 atom stereocenters. The van der Waals surface area contributed by atoms with Crippen molar-refractivity contribution in [1.29, 1.82) is 0 Å². The van der Waals surface area contributed by atoms with Crippen molar-refractivity contribution in [1.82, 2.24) is 0 Å². The third kappa shape index (κ3) is 4.77. The molecular weight excluding hydrogens is 294 g/mol. The number of hydrogen-bond acceptors (Lipinski definition) is 4. The van der Waals surface area contributed by atoms with Crippen LogP contribution in [0.3, 0.4) is 0 Å². The molecule has 7 heteroatoms. The van der Waals surface area contributed by atoms with Crippen LogP contribution in [0.15, 0.2) is 18.2 Å². The number of carbonyl (C=O) groups is 2. The molecule has 0 aliphatic carbocycles. The predicted molar refractivity (Wildman–Crippen MR) is 68.5 cm³/mol. The molecular formula is C13H13ClF2O4. The van der Waals surface area contributed by atoms with E-state index in [9.17, 15) is 18.4 Å². The summed E-state index contributed by atoms with van der Waals surface area (Å²) in [6, 6.07) is 3.96. The average molecular weight is 307 g/mol. The van der Waals surface area contributed by atoms with Gasteiger partial charge in [-0.2, -0.15) is 8.78 Å². The van der Waals surface area contributed by atoms with Crippen LogP contribution in [0.4, 0.5) is 8.78 Å². The zero-order valence-electron chi connectivity index (χ0n) is 10.7. The van der Waals surface area contributed by atoms with Crippen molar-refractivity contribution in [3.8, 4) is 5.75 Å². The number of ether oxygens (including phenoxy) is 2. The van der Waals surface area contributed by atoms with Crippen LogP contribution in [0.1, 0.15) is 22.8 Å². The van der Waals surface area contributed by atoms with Gasteiger partial charge in [0.15, 0.2) is 5.78 Å². The Hall–Kier alpha value is -1.69. The van der Waals surface area contributed by atoms with Gasteiger partial charge in [0.05, 0.1) is 12.5 Å². The Morgan fingerprint density at radius 2 is 2.05 bits per heavy atom. The van der Waals surface area contributed by atoms with Gasteiger partial charge in [0.2, 0.25) is 0 Å². The number of hydrogen-bond donors (Lipinski definition) is 0. The highest BCUT2D eigenvalue weighted by atomic mass is 35.5. The van der Waals surface area contributed by atoms with E-state index >= 15 is 0 Å². The summed E-state index contributed by atoms with van der Waals surface area (Å²) in [5, 5.41) is 0. The average Bonchev–Trinajstić information content (AvgIpc) is 2.38. The van der Waals surface area contributed by atoms with Gasteiger partial charge in [0, 0.05) is 6.42 Å². The molecule has 0 bridgehead atoms. The fraction of sp³-hybridized carbons (Fsp3) is 0.385. The molecule has 110 valence electrons. The summed E-state index contributed by atoms with van der Waals surface area (Å²) in [5.74, 6) is -1.53. The molecule has 0 spiro atoms. The van der Waals surface area contributed by atoms with Gasteiger partial charge in [-0.3, -0.25) is 4.79 Å². The SMILES string of the molecule is CCOC(=O)c1ccc(CC(=O)CCl)cc1OC(F)F. The van der Waals surface area contributed by atoms with Gasteiger partial charge in [0.25, 0.3) is 0 Å². The van der Waals surface area contributed by atoms with E-state index in [1.165, 1.54) is 18.2 Å². The van der Waals surface area contributed by atoms with Crippen molar-refractivity contribution in [2.75, 3.05) is 12.5 Å². The predicted octanol–water partition coefficient (Wildman–Crippen LogP) is 2.82. The molecule has 0 heterocycles. The molecule has 1 rings (SSSR count). The van der Waals surface area contributed by atoms with Crippen LogP contribution in [0.5, 0.6) is 5.75 Å². The standard InChI is InChI=1S/C13H13ClF2O4/c1-2-19-12(18)10-4-3-8(5-9(17)7-14)6-11(10)20-13(15)16/h3-4,6,13H,2,5,7H2,1H3. The number of halogens is 3. The van der Waals surface area contributed by atoms with Crippen LogP contribution in [0.2, 0.25) is 0 Å². The van der Waals surface area contributed by atoms with Crippen LogP contribution in [0.25, 0.3) is 0 Å². The molecule has 20 heavy (non-hydrogen) atoms. The van der Waals surface area contributed by atoms with E-state index in [1.807, 2.05) is 0 Å². The van der Waals surface area contributed by atoms with E-state index in [-0.39, 0.29) is 36.0 Å². The maximum Gasteiger partial charge on any atom is 0.387 e. The third-order valence-corrected chi connectivity index (χ3v) is 2.61. The van der Waals surface area contributed by atoms with Crippen molar-refractivity contribution < 1.29 is 27.8 Å². The first kappa shape index (κ1) is 16.4. The highest BCUT2D eigenvalue weighted by Crippen LogP contribution is 2.24.